The van der Waals surface area contributed by atoms with E-state index < -0.39 is 0 Å². The quantitative estimate of drug-likeness (QED) is 0.577. The summed E-state index contributed by atoms with van der Waals surface area (Å²) in [5.74, 6) is 0. The fraction of sp³-hybridized carbons (Fsp3) is 1.00. The Hall–Kier alpha value is -0.0800. The van der Waals surface area contributed by atoms with Gasteiger partial charge >= 0.3 is 0 Å². The lowest BCUT2D eigenvalue weighted by Gasteiger charge is -2.13. The number of hydrogen-bond donors (Lipinski definition) is 1. The van der Waals surface area contributed by atoms with Gasteiger partial charge in [-0.15, -0.1) is 0 Å². The van der Waals surface area contributed by atoms with E-state index in [4.69, 9.17) is 9.84 Å². The summed E-state index contributed by atoms with van der Waals surface area (Å²) in [5.41, 5.74) is 0. The lowest BCUT2D eigenvalue weighted by molar-refractivity contribution is 0.0136. The highest BCUT2D eigenvalue weighted by Gasteiger charge is 2.04. The van der Waals surface area contributed by atoms with Gasteiger partial charge in [0.25, 0.3) is 0 Å². The van der Waals surface area contributed by atoms with Crippen molar-refractivity contribution in [3.8, 4) is 0 Å². The number of hydrogen-bond acceptors (Lipinski definition) is 2. The molecule has 0 aliphatic carbocycles. The van der Waals surface area contributed by atoms with Crippen molar-refractivity contribution in [1.82, 2.24) is 0 Å². The highest BCUT2D eigenvalue weighted by atomic mass is 16.5. The van der Waals surface area contributed by atoms with Gasteiger partial charge in [0.05, 0.1) is 12.7 Å². The smallest absolute Gasteiger partial charge is 0.0805 e. The predicted octanol–water partition coefficient (Wildman–Crippen LogP) is 1.96. The first-order valence-electron chi connectivity index (χ1n) is 4.57. The van der Waals surface area contributed by atoms with Crippen LogP contribution in [0, 0.1) is 0 Å². The highest BCUT2D eigenvalue weighted by molar-refractivity contribution is 4.55. The number of aliphatic hydroxyl groups excluding tert-OH is 1. The largest absolute Gasteiger partial charge is 0.394 e. The van der Waals surface area contributed by atoms with Crippen molar-refractivity contribution in [2.24, 2.45) is 0 Å². The Morgan fingerprint density at radius 3 is 2.45 bits per heavy atom. The van der Waals surface area contributed by atoms with E-state index in [0.717, 1.165) is 6.42 Å². The maximum absolute atomic E-state index is 8.83. The van der Waals surface area contributed by atoms with E-state index in [-0.39, 0.29) is 12.7 Å². The summed E-state index contributed by atoms with van der Waals surface area (Å²) in [6.45, 7) is 5.01. The van der Waals surface area contributed by atoms with Gasteiger partial charge in [0.15, 0.2) is 0 Å². The first-order valence-corrected chi connectivity index (χ1v) is 4.57. The van der Waals surface area contributed by atoms with Crippen molar-refractivity contribution in [3.63, 3.8) is 0 Å². The summed E-state index contributed by atoms with van der Waals surface area (Å²) in [6, 6.07) is 0. The molecule has 2 heteroatoms. The van der Waals surface area contributed by atoms with Gasteiger partial charge in [0.1, 0.15) is 0 Å². The van der Waals surface area contributed by atoms with Crippen LogP contribution in [0.1, 0.15) is 39.5 Å². The minimum Gasteiger partial charge on any atom is -0.394 e. The van der Waals surface area contributed by atoms with E-state index >= 15 is 0 Å². The number of ether oxygens (including phenoxy) is 1. The van der Waals surface area contributed by atoms with Crippen molar-refractivity contribution >= 4 is 0 Å². The van der Waals surface area contributed by atoms with Crippen molar-refractivity contribution in [2.75, 3.05) is 13.2 Å². The number of unbranched alkanes of at least 4 members (excludes halogenated alkanes) is 2. The van der Waals surface area contributed by atoms with Crippen LogP contribution in [0.15, 0.2) is 0 Å². The zero-order valence-electron chi connectivity index (χ0n) is 7.68. The molecule has 0 saturated carbocycles. The second-order valence-corrected chi connectivity index (χ2v) is 2.76. The average molecular weight is 160 g/mol. The average Bonchev–Trinajstić information content (AvgIpc) is 2.03. The Labute approximate surface area is 69.6 Å². The maximum atomic E-state index is 8.83. The van der Waals surface area contributed by atoms with Gasteiger partial charge in [0, 0.05) is 6.61 Å². The molecule has 0 aromatic rings. The normalized spacial score (nSPS) is 13.4. The Bertz CT molecular complexity index is 74.0. The molecule has 0 aliphatic heterocycles. The summed E-state index contributed by atoms with van der Waals surface area (Å²) in [5, 5.41) is 8.83. The Kier molecular flexibility index (Phi) is 7.96. The molecule has 11 heavy (non-hydrogen) atoms. The van der Waals surface area contributed by atoms with Crippen LogP contribution in [0.5, 0.6) is 0 Å². The van der Waals surface area contributed by atoms with Gasteiger partial charge in [-0.05, 0) is 13.3 Å². The van der Waals surface area contributed by atoms with Gasteiger partial charge in [-0.2, -0.15) is 0 Å². The van der Waals surface area contributed by atoms with E-state index in [0.29, 0.717) is 6.61 Å². The molecular formula is C9H20O2. The van der Waals surface area contributed by atoms with Crippen molar-refractivity contribution in [3.05, 3.63) is 0 Å². The lowest BCUT2D eigenvalue weighted by Crippen LogP contribution is -2.17. The standard InChI is InChI=1S/C9H20O2/c1-3-5-6-7-9(8-10)11-4-2/h9-10H,3-8H2,1-2H3. The first-order chi connectivity index (χ1) is 5.35. The summed E-state index contributed by atoms with van der Waals surface area (Å²) >= 11 is 0. The van der Waals surface area contributed by atoms with Crippen LogP contribution in [0.2, 0.25) is 0 Å². The molecule has 0 spiro atoms. The summed E-state index contributed by atoms with van der Waals surface area (Å²) < 4.78 is 5.29. The SMILES string of the molecule is CCCCCC(CO)OCC. The van der Waals surface area contributed by atoms with Crippen LogP contribution in [-0.2, 0) is 4.74 Å². The van der Waals surface area contributed by atoms with Crippen molar-refractivity contribution in [2.45, 2.75) is 45.6 Å². The van der Waals surface area contributed by atoms with Crippen LogP contribution in [0.4, 0.5) is 0 Å². The molecule has 0 rings (SSSR count). The molecule has 0 aromatic heterocycles. The molecule has 1 atom stereocenters. The van der Waals surface area contributed by atoms with Crippen molar-refractivity contribution in [1.29, 1.82) is 0 Å². The third-order valence-electron chi connectivity index (χ3n) is 1.74. The third kappa shape index (κ3) is 6.32. The molecule has 0 saturated heterocycles. The zero-order chi connectivity index (χ0) is 8.53. The minimum absolute atomic E-state index is 0.0755. The molecule has 0 bridgehead atoms. The predicted molar refractivity (Wildman–Crippen MR) is 46.6 cm³/mol. The van der Waals surface area contributed by atoms with Crippen LogP contribution in [0.3, 0.4) is 0 Å². The summed E-state index contributed by atoms with van der Waals surface area (Å²) in [4.78, 5) is 0. The van der Waals surface area contributed by atoms with E-state index in [9.17, 15) is 0 Å². The second kappa shape index (κ2) is 8.02. The molecule has 1 N–H and O–H groups in total. The number of aliphatic hydroxyl groups is 1. The van der Waals surface area contributed by atoms with Crippen LogP contribution < -0.4 is 0 Å². The van der Waals surface area contributed by atoms with E-state index in [1.165, 1.54) is 19.3 Å². The van der Waals surface area contributed by atoms with Gasteiger partial charge in [-0.1, -0.05) is 26.2 Å². The first kappa shape index (κ1) is 10.9. The minimum atomic E-state index is 0.0755. The van der Waals surface area contributed by atoms with Gasteiger partial charge < -0.3 is 9.84 Å². The fourth-order valence-corrected chi connectivity index (χ4v) is 1.09. The molecule has 0 amide bonds. The van der Waals surface area contributed by atoms with Gasteiger partial charge in [-0.3, -0.25) is 0 Å². The lowest BCUT2D eigenvalue weighted by atomic mass is 10.1. The van der Waals surface area contributed by atoms with Gasteiger partial charge in [0.2, 0.25) is 0 Å². The second-order valence-electron chi connectivity index (χ2n) is 2.76. The zero-order valence-corrected chi connectivity index (χ0v) is 7.68. The maximum Gasteiger partial charge on any atom is 0.0805 e. The number of rotatable bonds is 7. The summed E-state index contributed by atoms with van der Waals surface area (Å²) in [6.07, 6.45) is 4.71. The Morgan fingerprint density at radius 1 is 1.27 bits per heavy atom. The molecule has 68 valence electrons. The monoisotopic (exact) mass is 160 g/mol. The molecular weight excluding hydrogens is 140 g/mol. The molecule has 0 aliphatic rings. The van der Waals surface area contributed by atoms with Crippen LogP contribution in [0.25, 0.3) is 0 Å². The third-order valence-corrected chi connectivity index (χ3v) is 1.74. The highest BCUT2D eigenvalue weighted by Crippen LogP contribution is 2.05. The van der Waals surface area contributed by atoms with Crippen molar-refractivity contribution < 1.29 is 9.84 Å². The molecule has 0 radical (unpaired) electrons. The molecule has 2 nitrogen and oxygen atoms in total. The van der Waals surface area contributed by atoms with Gasteiger partial charge in [-0.25, -0.2) is 0 Å². The Balaban J connectivity index is 3.20. The van der Waals surface area contributed by atoms with Crippen LogP contribution >= 0.6 is 0 Å². The fourth-order valence-electron chi connectivity index (χ4n) is 1.09. The van der Waals surface area contributed by atoms with E-state index in [1.54, 1.807) is 0 Å². The van der Waals surface area contributed by atoms with E-state index in [1.807, 2.05) is 6.92 Å². The molecule has 0 aromatic carbocycles. The molecule has 0 fully saturated rings. The molecule has 0 heterocycles. The summed E-state index contributed by atoms with van der Waals surface area (Å²) in [7, 11) is 0. The Morgan fingerprint density at radius 2 is 2.00 bits per heavy atom. The van der Waals surface area contributed by atoms with E-state index in [2.05, 4.69) is 6.92 Å². The van der Waals surface area contributed by atoms with Crippen LogP contribution in [-0.4, -0.2) is 24.4 Å². The molecule has 1 unspecified atom stereocenters. The topological polar surface area (TPSA) is 29.5 Å².